The molecule has 0 bridgehead atoms. The lowest BCUT2D eigenvalue weighted by Gasteiger charge is -2.39. The molecular formula is C20H19BrN2O2S. The van der Waals surface area contributed by atoms with Gasteiger partial charge in [-0.2, -0.15) is 0 Å². The maximum atomic E-state index is 11.9. The fourth-order valence-electron chi connectivity index (χ4n) is 3.79. The van der Waals surface area contributed by atoms with Crippen molar-refractivity contribution in [2.24, 2.45) is 0 Å². The number of thiophene rings is 1. The summed E-state index contributed by atoms with van der Waals surface area (Å²) in [6.45, 7) is 0.797. The number of piperidine rings is 1. The second-order valence-corrected chi connectivity index (χ2v) is 9.11. The van der Waals surface area contributed by atoms with Gasteiger partial charge in [0.15, 0.2) is 0 Å². The Hall–Kier alpha value is -1.76. The zero-order valence-electron chi connectivity index (χ0n) is 14.1. The molecule has 1 N–H and O–H groups in total. The van der Waals surface area contributed by atoms with Gasteiger partial charge < -0.3 is 5.11 Å². The third-order valence-corrected chi connectivity index (χ3v) is 6.68. The highest BCUT2D eigenvalue weighted by Gasteiger charge is 2.35. The van der Waals surface area contributed by atoms with Gasteiger partial charge in [-0.05, 0) is 70.5 Å². The molecule has 0 aliphatic carbocycles. The predicted octanol–water partition coefficient (Wildman–Crippen LogP) is 5.09. The van der Waals surface area contributed by atoms with Crippen LogP contribution in [0, 0.1) is 0 Å². The molecule has 0 saturated carbocycles. The van der Waals surface area contributed by atoms with Gasteiger partial charge >= 0.3 is 5.97 Å². The standard InChI is InChI=1S/C20H19BrN2O2S/c21-18-7-6-17(26-18)19(23-10-2-1-3-16(23)20(24)25)14-4-5-15-12-22-9-8-13(15)11-14/h4-9,11-12,16,19H,1-3,10H2,(H,24,25). The van der Waals surface area contributed by atoms with Crippen LogP contribution in [0.1, 0.15) is 35.7 Å². The summed E-state index contributed by atoms with van der Waals surface area (Å²) < 4.78 is 1.06. The summed E-state index contributed by atoms with van der Waals surface area (Å²) >= 11 is 5.23. The van der Waals surface area contributed by atoms with E-state index in [1.54, 1.807) is 17.5 Å². The van der Waals surface area contributed by atoms with Gasteiger partial charge in [-0.15, -0.1) is 11.3 Å². The van der Waals surface area contributed by atoms with E-state index in [9.17, 15) is 9.90 Å². The number of likely N-dealkylation sites (tertiary alicyclic amines) is 1. The van der Waals surface area contributed by atoms with E-state index >= 15 is 0 Å². The number of aromatic nitrogens is 1. The molecule has 2 atom stereocenters. The first-order valence-corrected chi connectivity index (χ1v) is 10.3. The van der Waals surface area contributed by atoms with Crippen LogP contribution in [0.5, 0.6) is 0 Å². The first kappa shape index (κ1) is 17.6. The van der Waals surface area contributed by atoms with Gasteiger partial charge in [0, 0.05) is 22.7 Å². The van der Waals surface area contributed by atoms with Gasteiger partial charge in [-0.1, -0.05) is 18.6 Å². The van der Waals surface area contributed by atoms with Crippen molar-refractivity contribution in [2.45, 2.75) is 31.3 Å². The Labute approximate surface area is 164 Å². The number of hydrogen-bond acceptors (Lipinski definition) is 4. The average molecular weight is 431 g/mol. The molecule has 4 nitrogen and oxygen atoms in total. The van der Waals surface area contributed by atoms with Crippen LogP contribution in [0.4, 0.5) is 0 Å². The number of carbonyl (C=O) groups is 1. The monoisotopic (exact) mass is 430 g/mol. The molecule has 1 aromatic carbocycles. The van der Waals surface area contributed by atoms with Gasteiger partial charge in [-0.25, -0.2) is 0 Å². The molecule has 1 aliphatic rings. The zero-order valence-corrected chi connectivity index (χ0v) is 16.5. The molecule has 0 spiro atoms. The van der Waals surface area contributed by atoms with Gasteiger partial charge in [0.1, 0.15) is 6.04 Å². The Morgan fingerprint density at radius 3 is 2.88 bits per heavy atom. The van der Waals surface area contributed by atoms with Crippen LogP contribution in [-0.2, 0) is 4.79 Å². The van der Waals surface area contributed by atoms with Gasteiger partial charge in [-0.3, -0.25) is 14.7 Å². The van der Waals surface area contributed by atoms with Crippen LogP contribution in [-0.4, -0.2) is 33.5 Å². The van der Waals surface area contributed by atoms with E-state index in [0.29, 0.717) is 6.42 Å². The molecule has 134 valence electrons. The van der Waals surface area contributed by atoms with Crippen molar-refractivity contribution >= 4 is 44.0 Å². The fraction of sp³-hybridized carbons (Fsp3) is 0.300. The lowest BCUT2D eigenvalue weighted by atomic mass is 9.94. The normalized spacial score (nSPS) is 19.5. The number of nitrogens with zero attached hydrogens (tertiary/aromatic N) is 2. The topological polar surface area (TPSA) is 53.4 Å². The maximum Gasteiger partial charge on any atom is 0.320 e. The van der Waals surface area contributed by atoms with E-state index in [4.69, 9.17) is 0 Å². The molecule has 2 unspecified atom stereocenters. The number of aliphatic carboxylic acids is 1. The first-order chi connectivity index (χ1) is 12.6. The summed E-state index contributed by atoms with van der Waals surface area (Å²) in [6, 6.07) is 12.0. The first-order valence-electron chi connectivity index (χ1n) is 8.71. The Morgan fingerprint density at radius 2 is 2.12 bits per heavy atom. The molecule has 3 heterocycles. The maximum absolute atomic E-state index is 11.9. The molecule has 4 rings (SSSR count). The highest BCUT2D eigenvalue weighted by atomic mass is 79.9. The lowest BCUT2D eigenvalue weighted by molar-refractivity contribution is -0.145. The summed E-state index contributed by atoms with van der Waals surface area (Å²) in [5.41, 5.74) is 1.13. The summed E-state index contributed by atoms with van der Waals surface area (Å²) in [6.07, 6.45) is 6.36. The lowest BCUT2D eigenvalue weighted by Crippen LogP contribution is -2.46. The smallest absolute Gasteiger partial charge is 0.320 e. The molecule has 1 aliphatic heterocycles. The Morgan fingerprint density at radius 1 is 1.23 bits per heavy atom. The van der Waals surface area contributed by atoms with Crippen LogP contribution in [0.3, 0.4) is 0 Å². The number of fused-ring (bicyclic) bond motifs is 1. The van der Waals surface area contributed by atoms with Crippen LogP contribution in [0.15, 0.2) is 52.6 Å². The number of rotatable bonds is 4. The van der Waals surface area contributed by atoms with Gasteiger partial charge in [0.25, 0.3) is 0 Å². The molecular weight excluding hydrogens is 412 g/mol. The average Bonchev–Trinajstić information content (AvgIpc) is 3.08. The number of benzene rings is 1. The minimum atomic E-state index is -0.727. The molecule has 26 heavy (non-hydrogen) atoms. The third-order valence-electron chi connectivity index (χ3n) is 5.00. The van der Waals surface area contributed by atoms with Crippen LogP contribution < -0.4 is 0 Å². The van der Waals surface area contributed by atoms with E-state index in [2.05, 4.69) is 50.1 Å². The quantitative estimate of drug-likeness (QED) is 0.626. The minimum absolute atomic E-state index is 0.0507. The van der Waals surface area contributed by atoms with E-state index in [0.717, 1.165) is 39.5 Å². The van der Waals surface area contributed by atoms with Crippen molar-refractivity contribution in [3.8, 4) is 0 Å². The Balaban J connectivity index is 1.83. The van der Waals surface area contributed by atoms with Crippen molar-refractivity contribution in [3.63, 3.8) is 0 Å². The van der Waals surface area contributed by atoms with Crippen LogP contribution in [0.25, 0.3) is 10.8 Å². The van der Waals surface area contributed by atoms with E-state index in [-0.39, 0.29) is 6.04 Å². The zero-order chi connectivity index (χ0) is 18.1. The highest BCUT2D eigenvalue weighted by molar-refractivity contribution is 9.11. The summed E-state index contributed by atoms with van der Waals surface area (Å²) in [5, 5.41) is 12.0. The van der Waals surface area contributed by atoms with Crippen molar-refractivity contribution < 1.29 is 9.90 Å². The molecule has 3 aromatic rings. The summed E-state index contributed by atoms with van der Waals surface area (Å²) in [7, 11) is 0. The molecule has 1 saturated heterocycles. The second kappa shape index (κ2) is 7.47. The second-order valence-electron chi connectivity index (χ2n) is 6.61. The molecule has 6 heteroatoms. The number of hydrogen-bond donors (Lipinski definition) is 1. The highest BCUT2D eigenvalue weighted by Crippen LogP contribution is 2.39. The molecule has 0 radical (unpaired) electrons. The summed E-state index contributed by atoms with van der Waals surface area (Å²) in [5.74, 6) is -0.727. The van der Waals surface area contributed by atoms with Crippen molar-refractivity contribution in [1.29, 1.82) is 0 Å². The van der Waals surface area contributed by atoms with Gasteiger partial charge in [0.2, 0.25) is 0 Å². The minimum Gasteiger partial charge on any atom is -0.480 e. The largest absolute Gasteiger partial charge is 0.480 e. The predicted molar refractivity (Wildman–Crippen MR) is 108 cm³/mol. The van der Waals surface area contributed by atoms with Crippen LogP contribution in [0.2, 0.25) is 0 Å². The SMILES string of the molecule is O=C(O)C1CCCCN1C(c1ccc2cnccc2c1)c1ccc(Br)s1. The Bertz CT molecular complexity index is 942. The number of carboxylic acid groups (broad SMARTS) is 1. The van der Waals surface area contributed by atoms with E-state index in [1.165, 1.54) is 4.88 Å². The van der Waals surface area contributed by atoms with E-state index in [1.807, 2.05) is 18.3 Å². The van der Waals surface area contributed by atoms with Crippen molar-refractivity contribution in [3.05, 3.63) is 63.0 Å². The van der Waals surface area contributed by atoms with Crippen molar-refractivity contribution in [1.82, 2.24) is 9.88 Å². The molecule has 0 amide bonds. The number of carboxylic acids is 1. The number of halogens is 1. The van der Waals surface area contributed by atoms with Gasteiger partial charge in [0.05, 0.1) is 9.83 Å². The Kier molecular flexibility index (Phi) is 5.07. The van der Waals surface area contributed by atoms with E-state index < -0.39 is 12.0 Å². The summed E-state index contributed by atoms with van der Waals surface area (Å²) in [4.78, 5) is 19.4. The van der Waals surface area contributed by atoms with Crippen molar-refractivity contribution in [2.75, 3.05) is 6.54 Å². The molecule has 1 fully saturated rings. The number of pyridine rings is 1. The third kappa shape index (κ3) is 3.41. The fourth-order valence-corrected chi connectivity index (χ4v) is 5.37. The van der Waals surface area contributed by atoms with Crippen LogP contribution >= 0.6 is 27.3 Å². The molecule has 2 aromatic heterocycles.